The molecule has 0 unspecified atom stereocenters. The molecular weight excluding hydrogens is 316 g/mol. The standard InChI is InChI=1S/C16H30N2O4S/c1-2-11-23(19,20)18-8-5-16(14-18)12-15(13-22-16)21-10-9-17-6-3-4-7-17/h15H,2-14H2,1H3/t15-,16-/m0/s1. The Morgan fingerprint density at radius 2 is 2.04 bits per heavy atom. The number of hydrogen-bond donors (Lipinski definition) is 0. The first kappa shape index (κ1) is 17.6. The monoisotopic (exact) mass is 346 g/mol. The molecule has 23 heavy (non-hydrogen) atoms. The molecule has 1 spiro atoms. The molecule has 2 atom stereocenters. The van der Waals surface area contributed by atoms with E-state index < -0.39 is 10.0 Å². The summed E-state index contributed by atoms with van der Waals surface area (Å²) in [7, 11) is -3.11. The van der Waals surface area contributed by atoms with Crippen LogP contribution in [-0.4, -0.2) is 81.0 Å². The van der Waals surface area contributed by atoms with Crippen LogP contribution < -0.4 is 0 Å². The lowest BCUT2D eigenvalue weighted by Gasteiger charge is -2.23. The minimum absolute atomic E-state index is 0.117. The zero-order valence-electron chi connectivity index (χ0n) is 14.2. The molecule has 6 nitrogen and oxygen atoms in total. The van der Waals surface area contributed by atoms with Crippen molar-refractivity contribution in [3.63, 3.8) is 0 Å². The van der Waals surface area contributed by atoms with E-state index in [0.717, 1.165) is 26.0 Å². The van der Waals surface area contributed by atoms with Crippen LogP contribution in [0.25, 0.3) is 0 Å². The molecule has 3 aliphatic rings. The molecule has 7 heteroatoms. The van der Waals surface area contributed by atoms with Gasteiger partial charge in [0.05, 0.1) is 30.7 Å². The van der Waals surface area contributed by atoms with E-state index in [2.05, 4.69) is 4.90 Å². The van der Waals surface area contributed by atoms with Gasteiger partial charge in [-0.2, -0.15) is 4.31 Å². The second-order valence-electron chi connectivity index (χ2n) is 7.14. The second kappa shape index (κ2) is 7.35. The van der Waals surface area contributed by atoms with Gasteiger partial charge in [-0.3, -0.25) is 0 Å². The van der Waals surface area contributed by atoms with E-state index in [1.165, 1.54) is 25.9 Å². The van der Waals surface area contributed by atoms with Gasteiger partial charge in [0.1, 0.15) is 0 Å². The van der Waals surface area contributed by atoms with Crippen LogP contribution in [0.5, 0.6) is 0 Å². The highest BCUT2D eigenvalue weighted by Crippen LogP contribution is 2.37. The largest absolute Gasteiger partial charge is 0.374 e. The van der Waals surface area contributed by atoms with E-state index in [9.17, 15) is 8.42 Å². The Morgan fingerprint density at radius 3 is 2.78 bits per heavy atom. The molecule has 0 radical (unpaired) electrons. The molecule has 0 aliphatic carbocycles. The summed E-state index contributed by atoms with van der Waals surface area (Å²) in [6.07, 6.45) is 5.00. The van der Waals surface area contributed by atoms with Crippen molar-refractivity contribution in [1.29, 1.82) is 0 Å². The lowest BCUT2D eigenvalue weighted by Crippen LogP contribution is -2.37. The molecule has 0 aromatic carbocycles. The van der Waals surface area contributed by atoms with Crippen LogP contribution in [-0.2, 0) is 19.5 Å². The third-order valence-electron chi connectivity index (χ3n) is 5.27. The van der Waals surface area contributed by atoms with Crippen molar-refractivity contribution in [2.24, 2.45) is 0 Å². The topological polar surface area (TPSA) is 59.1 Å². The number of likely N-dealkylation sites (tertiary alicyclic amines) is 1. The molecule has 3 fully saturated rings. The maximum absolute atomic E-state index is 12.2. The molecule has 0 bridgehead atoms. The third-order valence-corrected chi connectivity index (χ3v) is 7.29. The number of nitrogens with zero attached hydrogens (tertiary/aromatic N) is 2. The fraction of sp³-hybridized carbons (Fsp3) is 1.00. The van der Waals surface area contributed by atoms with Gasteiger partial charge in [0.15, 0.2) is 0 Å². The van der Waals surface area contributed by atoms with Gasteiger partial charge in [0.25, 0.3) is 0 Å². The third kappa shape index (κ3) is 4.25. The smallest absolute Gasteiger partial charge is 0.214 e. The Balaban J connectivity index is 1.44. The van der Waals surface area contributed by atoms with Crippen LogP contribution in [0.3, 0.4) is 0 Å². The summed E-state index contributed by atoms with van der Waals surface area (Å²) in [6, 6.07) is 0. The molecule has 3 aliphatic heterocycles. The predicted octanol–water partition coefficient (Wildman–Crippen LogP) is 1.07. The summed E-state index contributed by atoms with van der Waals surface area (Å²) in [5.41, 5.74) is -0.306. The summed E-state index contributed by atoms with van der Waals surface area (Å²) in [4.78, 5) is 2.44. The van der Waals surface area contributed by atoms with Crippen molar-refractivity contribution in [1.82, 2.24) is 9.21 Å². The number of rotatable bonds is 7. The fourth-order valence-corrected chi connectivity index (χ4v) is 5.56. The van der Waals surface area contributed by atoms with Gasteiger partial charge in [-0.1, -0.05) is 6.92 Å². The van der Waals surface area contributed by atoms with Gasteiger partial charge in [0.2, 0.25) is 10.0 Å². The summed E-state index contributed by atoms with van der Waals surface area (Å²) in [6.45, 7) is 7.73. The molecule has 0 amide bonds. The lowest BCUT2D eigenvalue weighted by molar-refractivity contribution is 0.00355. The quantitative estimate of drug-likeness (QED) is 0.690. The van der Waals surface area contributed by atoms with Crippen molar-refractivity contribution in [3.05, 3.63) is 0 Å². The highest BCUT2D eigenvalue weighted by Gasteiger charge is 2.48. The average Bonchev–Trinajstić information content (AvgIpc) is 3.23. The maximum atomic E-state index is 12.2. The lowest BCUT2D eigenvalue weighted by atomic mass is 9.98. The number of sulfonamides is 1. The highest BCUT2D eigenvalue weighted by molar-refractivity contribution is 7.89. The second-order valence-corrected chi connectivity index (χ2v) is 9.23. The Morgan fingerprint density at radius 1 is 1.26 bits per heavy atom. The number of ether oxygens (including phenoxy) is 2. The molecule has 3 saturated heterocycles. The van der Waals surface area contributed by atoms with Crippen LogP contribution in [0, 0.1) is 0 Å². The molecule has 3 heterocycles. The minimum Gasteiger partial charge on any atom is -0.374 e. The van der Waals surface area contributed by atoms with Gasteiger partial charge in [-0.05, 0) is 38.8 Å². The van der Waals surface area contributed by atoms with Crippen LogP contribution in [0.4, 0.5) is 0 Å². The van der Waals surface area contributed by atoms with E-state index in [1.807, 2.05) is 6.92 Å². The maximum Gasteiger partial charge on any atom is 0.214 e. The van der Waals surface area contributed by atoms with Gasteiger partial charge >= 0.3 is 0 Å². The first-order valence-electron chi connectivity index (χ1n) is 8.99. The minimum atomic E-state index is -3.11. The molecule has 0 saturated carbocycles. The van der Waals surface area contributed by atoms with Crippen molar-refractivity contribution >= 4 is 10.0 Å². The molecule has 0 aromatic rings. The van der Waals surface area contributed by atoms with Crippen molar-refractivity contribution in [2.75, 3.05) is 51.7 Å². The van der Waals surface area contributed by atoms with Crippen LogP contribution >= 0.6 is 0 Å². The van der Waals surface area contributed by atoms with Crippen molar-refractivity contribution in [3.8, 4) is 0 Å². The predicted molar refractivity (Wildman–Crippen MR) is 89.0 cm³/mol. The van der Waals surface area contributed by atoms with Gasteiger partial charge < -0.3 is 14.4 Å². The number of hydrogen-bond acceptors (Lipinski definition) is 5. The summed E-state index contributed by atoms with van der Waals surface area (Å²) < 4.78 is 38.0. The van der Waals surface area contributed by atoms with Crippen LogP contribution in [0.2, 0.25) is 0 Å². The Bertz CT molecular complexity index is 492. The highest BCUT2D eigenvalue weighted by atomic mass is 32.2. The normalized spacial score (nSPS) is 33.2. The first-order chi connectivity index (χ1) is 11.0. The zero-order chi connectivity index (χ0) is 16.3. The van der Waals surface area contributed by atoms with Gasteiger partial charge in [-0.15, -0.1) is 0 Å². The molecule has 0 N–H and O–H groups in total. The van der Waals surface area contributed by atoms with Gasteiger partial charge in [-0.25, -0.2) is 8.42 Å². The summed E-state index contributed by atoms with van der Waals surface area (Å²) in [5.74, 6) is 0.235. The van der Waals surface area contributed by atoms with E-state index in [4.69, 9.17) is 9.47 Å². The van der Waals surface area contributed by atoms with E-state index in [0.29, 0.717) is 26.1 Å². The Labute approximate surface area is 140 Å². The Hall–Kier alpha value is -0.210. The SMILES string of the molecule is CCCS(=O)(=O)N1CC[C@]2(C[C@H](OCCN3CCCC3)CO2)C1. The molecule has 134 valence electrons. The average molecular weight is 346 g/mol. The van der Waals surface area contributed by atoms with E-state index in [-0.39, 0.29) is 17.5 Å². The molecular formula is C16H30N2O4S. The van der Waals surface area contributed by atoms with Crippen molar-refractivity contribution < 1.29 is 17.9 Å². The first-order valence-corrected chi connectivity index (χ1v) is 10.6. The zero-order valence-corrected chi connectivity index (χ0v) is 15.0. The summed E-state index contributed by atoms with van der Waals surface area (Å²) >= 11 is 0. The van der Waals surface area contributed by atoms with E-state index in [1.54, 1.807) is 4.31 Å². The Kier molecular flexibility index (Phi) is 5.63. The molecule has 3 rings (SSSR count). The summed E-state index contributed by atoms with van der Waals surface area (Å²) in [5, 5.41) is 0. The van der Waals surface area contributed by atoms with Gasteiger partial charge in [0, 0.05) is 26.1 Å². The van der Waals surface area contributed by atoms with Crippen LogP contribution in [0.1, 0.15) is 39.0 Å². The molecule has 0 aromatic heterocycles. The van der Waals surface area contributed by atoms with E-state index >= 15 is 0 Å². The fourth-order valence-electron chi connectivity index (χ4n) is 3.98. The van der Waals surface area contributed by atoms with Crippen LogP contribution in [0.15, 0.2) is 0 Å². The van der Waals surface area contributed by atoms with Crippen molar-refractivity contribution in [2.45, 2.75) is 50.7 Å².